The van der Waals surface area contributed by atoms with Crippen molar-refractivity contribution in [2.75, 3.05) is 37.7 Å². The number of hydrogen-bond donors (Lipinski definition) is 0. The molecule has 0 bridgehead atoms. The summed E-state index contributed by atoms with van der Waals surface area (Å²) < 4.78 is 5.36. The smallest absolute Gasteiger partial charge is 0.158 e. The van der Waals surface area contributed by atoms with Crippen molar-refractivity contribution in [3.05, 3.63) is 17.0 Å². The van der Waals surface area contributed by atoms with Crippen LogP contribution in [0.15, 0.2) is 6.07 Å². The number of piperazine rings is 1. The van der Waals surface area contributed by atoms with E-state index in [0.717, 1.165) is 32.0 Å². The maximum atomic E-state index is 6.10. The summed E-state index contributed by atoms with van der Waals surface area (Å²) in [6.45, 7) is 11.6. The van der Waals surface area contributed by atoms with Crippen LogP contribution in [0.3, 0.4) is 0 Å². The lowest BCUT2D eigenvalue weighted by atomic mass is 10.2. The van der Waals surface area contributed by atoms with Crippen LogP contribution in [0.4, 0.5) is 5.82 Å². The maximum absolute atomic E-state index is 6.10. The molecule has 0 spiro atoms. The zero-order valence-electron chi connectivity index (χ0n) is 12.5. The monoisotopic (exact) mass is 298 g/mol. The largest absolute Gasteiger partial charge is 0.374 e. The van der Waals surface area contributed by atoms with E-state index in [0.29, 0.717) is 30.2 Å². The summed E-state index contributed by atoms with van der Waals surface area (Å²) in [5, 5.41) is 0.482. The van der Waals surface area contributed by atoms with Crippen LogP contribution in [0.5, 0.6) is 0 Å². The third-order valence-corrected chi connectivity index (χ3v) is 3.85. The van der Waals surface area contributed by atoms with Crippen LogP contribution < -0.4 is 4.90 Å². The first-order valence-corrected chi connectivity index (χ1v) is 7.62. The first-order chi connectivity index (χ1) is 9.63. The lowest BCUT2D eigenvalue weighted by Crippen LogP contribution is -2.52. The van der Waals surface area contributed by atoms with Gasteiger partial charge in [0.15, 0.2) is 5.82 Å². The molecule has 0 aliphatic carbocycles. The molecule has 0 saturated carbocycles. The Morgan fingerprint density at radius 3 is 2.80 bits per heavy atom. The number of halogens is 1. The van der Waals surface area contributed by atoms with Crippen LogP contribution in [0.25, 0.3) is 0 Å². The van der Waals surface area contributed by atoms with Crippen molar-refractivity contribution < 1.29 is 4.74 Å². The van der Waals surface area contributed by atoms with Crippen LogP contribution in [0, 0.1) is 0 Å². The fourth-order valence-electron chi connectivity index (χ4n) is 2.54. The molecular weight excluding hydrogens is 276 g/mol. The van der Waals surface area contributed by atoms with Crippen LogP contribution in [0.1, 0.15) is 26.6 Å². The van der Waals surface area contributed by atoms with Crippen molar-refractivity contribution in [3.8, 4) is 0 Å². The summed E-state index contributed by atoms with van der Waals surface area (Å²) in [5.41, 5.74) is 0. The third-order valence-electron chi connectivity index (χ3n) is 3.66. The minimum absolute atomic E-state index is 0.411. The van der Waals surface area contributed by atoms with E-state index >= 15 is 0 Å². The van der Waals surface area contributed by atoms with E-state index in [1.807, 2.05) is 13.0 Å². The fraction of sp³-hybridized carbons (Fsp3) is 0.714. The fourth-order valence-corrected chi connectivity index (χ4v) is 2.74. The Labute approximate surface area is 125 Å². The van der Waals surface area contributed by atoms with Crippen molar-refractivity contribution >= 4 is 17.4 Å². The highest BCUT2D eigenvalue weighted by molar-refractivity contribution is 6.29. The van der Waals surface area contributed by atoms with Gasteiger partial charge in [-0.25, -0.2) is 9.97 Å². The molecule has 5 nitrogen and oxygen atoms in total. The second-order valence-electron chi connectivity index (χ2n) is 5.03. The molecule has 1 fully saturated rings. The topological polar surface area (TPSA) is 41.5 Å². The van der Waals surface area contributed by atoms with E-state index in [2.05, 4.69) is 33.6 Å². The van der Waals surface area contributed by atoms with E-state index in [-0.39, 0.29) is 0 Å². The molecule has 1 aromatic rings. The molecule has 6 heteroatoms. The van der Waals surface area contributed by atoms with Gasteiger partial charge in [0.05, 0.1) is 0 Å². The molecule has 1 aliphatic heterocycles. The van der Waals surface area contributed by atoms with Gasteiger partial charge < -0.3 is 9.64 Å². The normalized spacial score (nSPS) is 20.4. The number of nitrogens with zero attached hydrogens (tertiary/aromatic N) is 4. The van der Waals surface area contributed by atoms with Gasteiger partial charge in [0.2, 0.25) is 0 Å². The lowest BCUT2D eigenvalue weighted by Gasteiger charge is -2.39. The van der Waals surface area contributed by atoms with E-state index in [1.165, 1.54) is 0 Å². The molecule has 1 saturated heterocycles. The Balaban J connectivity index is 2.10. The Bertz CT molecular complexity index is 443. The minimum atomic E-state index is 0.411. The second kappa shape index (κ2) is 7.20. The second-order valence-corrected chi connectivity index (χ2v) is 5.41. The Morgan fingerprint density at radius 1 is 1.35 bits per heavy atom. The maximum Gasteiger partial charge on any atom is 0.158 e. The summed E-state index contributed by atoms with van der Waals surface area (Å²) in [4.78, 5) is 13.5. The first-order valence-electron chi connectivity index (χ1n) is 7.24. The van der Waals surface area contributed by atoms with Crippen molar-refractivity contribution in [3.63, 3.8) is 0 Å². The van der Waals surface area contributed by atoms with Gasteiger partial charge in [-0.3, -0.25) is 4.90 Å². The molecule has 2 rings (SSSR count). The molecule has 1 atom stereocenters. The highest BCUT2D eigenvalue weighted by Gasteiger charge is 2.23. The van der Waals surface area contributed by atoms with Crippen molar-refractivity contribution in [2.45, 2.75) is 33.4 Å². The number of rotatable bonds is 5. The van der Waals surface area contributed by atoms with Crippen molar-refractivity contribution in [1.82, 2.24) is 14.9 Å². The number of ether oxygens (including phenoxy) is 1. The Kier molecular flexibility index (Phi) is 5.57. The van der Waals surface area contributed by atoms with Gasteiger partial charge in [-0.15, -0.1) is 0 Å². The number of hydrogen-bond acceptors (Lipinski definition) is 5. The van der Waals surface area contributed by atoms with E-state index in [4.69, 9.17) is 16.3 Å². The van der Waals surface area contributed by atoms with E-state index in [1.54, 1.807) is 0 Å². The molecule has 1 unspecified atom stereocenters. The van der Waals surface area contributed by atoms with Crippen molar-refractivity contribution in [2.24, 2.45) is 0 Å². The minimum Gasteiger partial charge on any atom is -0.374 e. The highest BCUT2D eigenvalue weighted by Crippen LogP contribution is 2.20. The standard InChI is InChI=1S/C14H23ClN4O/c1-4-18-6-7-19(9-11(18)3)14-8-12(15)16-13(17-14)10-20-5-2/h8,11H,4-7,9-10H2,1-3H3. The average molecular weight is 299 g/mol. The Morgan fingerprint density at radius 2 is 2.15 bits per heavy atom. The molecule has 1 aliphatic rings. The van der Waals surface area contributed by atoms with E-state index < -0.39 is 0 Å². The number of aromatic nitrogens is 2. The van der Waals surface area contributed by atoms with Gasteiger partial charge in [0.1, 0.15) is 17.6 Å². The molecule has 20 heavy (non-hydrogen) atoms. The van der Waals surface area contributed by atoms with Crippen LogP contribution in [-0.4, -0.2) is 53.7 Å². The third kappa shape index (κ3) is 3.81. The highest BCUT2D eigenvalue weighted by atomic mass is 35.5. The average Bonchev–Trinajstić information content (AvgIpc) is 2.44. The van der Waals surface area contributed by atoms with Gasteiger partial charge in [-0.05, 0) is 20.4 Å². The molecule has 0 N–H and O–H groups in total. The zero-order chi connectivity index (χ0) is 14.5. The molecule has 1 aromatic heterocycles. The van der Waals surface area contributed by atoms with Gasteiger partial charge in [0, 0.05) is 38.3 Å². The summed E-state index contributed by atoms with van der Waals surface area (Å²) in [6, 6.07) is 2.36. The van der Waals surface area contributed by atoms with Gasteiger partial charge in [-0.2, -0.15) is 0 Å². The Hall–Kier alpha value is -0.910. The molecular formula is C14H23ClN4O. The molecule has 0 radical (unpaired) electrons. The number of likely N-dealkylation sites (N-methyl/N-ethyl adjacent to an activating group) is 1. The van der Waals surface area contributed by atoms with Gasteiger partial charge in [0.25, 0.3) is 0 Å². The van der Waals surface area contributed by atoms with Crippen molar-refractivity contribution in [1.29, 1.82) is 0 Å². The first kappa shape index (κ1) is 15.5. The van der Waals surface area contributed by atoms with Crippen LogP contribution in [-0.2, 0) is 11.3 Å². The molecule has 2 heterocycles. The lowest BCUT2D eigenvalue weighted by molar-refractivity contribution is 0.128. The molecule has 0 aromatic carbocycles. The summed E-state index contributed by atoms with van der Waals surface area (Å²) >= 11 is 6.10. The number of anilines is 1. The van der Waals surface area contributed by atoms with Crippen LogP contribution in [0.2, 0.25) is 5.15 Å². The quantitative estimate of drug-likeness (QED) is 0.780. The summed E-state index contributed by atoms with van der Waals surface area (Å²) in [7, 11) is 0. The predicted molar refractivity (Wildman–Crippen MR) is 81.3 cm³/mol. The van der Waals surface area contributed by atoms with Gasteiger partial charge in [-0.1, -0.05) is 18.5 Å². The zero-order valence-corrected chi connectivity index (χ0v) is 13.2. The summed E-state index contributed by atoms with van der Waals surface area (Å²) in [6.07, 6.45) is 0. The predicted octanol–water partition coefficient (Wildman–Crippen LogP) is 2.20. The summed E-state index contributed by atoms with van der Waals surface area (Å²) in [5.74, 6) is 1.56. The van der Waals surface area contributed by atoms with E-state index in [9.17, 15) is 0 Å². The van der Waals surface area contributed by atoms with Crippen LogP contribution >= 0.6 is 11.6 Å². The molecule has 112 valence electrons. The SMILES string of the molecule is CCOCc1nc(Cl)cc(N2CCN(CC)C(C)C2)n1. The molecule has 0 amide bonds. The van der Waals surface area contributed by atoms with Gasteiger partial charge >= 0.3 is 0 Å².